The van der Waals surface area contributed by atoms with Gasteiger partial charge in [0.15, 0.2) is 11.7 Å². The highest BCUT2D eigenvalue weighted by Crippen LogP contribution is 2.25. The number of amides is 2. The summed E-state index contributed by atoms with van der Waals surface area (Å²) in [4.78, 5) is 33.9. The number of carbonyl (C=O) groups excluding carboxylic acids is 2. The summed E-state index contributed by atoms with van der Waals surface area (Å²) in [7, 11) is 0. The molecule has 3 N–H and O–H groups in total. The van der Waals surface area contributed by atoms with Gasteiger partial charge >= 0.3 is 0 Å². The Labute approximate surface area is 176 Å². The summed E-state index contributed by atoms with van der Waals surface area (Å²) in [5.74, 6) is -0.620. The Morgan fingerprint density at radius 3 is 2.28 bits per heavy atom. The molecule has 2 rings (SSSR count). The summed E-state index contributed by atoms with van der Waals surface area (Å²) < 4.78 is 5.40. The number of hydrogen-bond donors (Lipinski definition) is 3. The number of hydrazine groups is 1. The van der Waals surface area contributed by atoms with Crippen LogP contribution in [0.25, 0.3) is 0 Å². The summed E-state index contributed by atoms with van der Waals surface area (Å²) in [6.45, 7) is 3.37. The summed E-state index contributed by atoms with van der Waals surface area (Å²) in [6.07, 6.45) is 0. The molecule has 0 spiro atoms. The normalized spacial score (nSPS) is 10.0. The van der Waals surface area contributed by atoms with E-state index in [1.807, 2.05) is 13.8 Å². The maximum atomic E-state index is 12.0. The number of nitrogens with one attached hydrogen (secondary N) is 3. The molecule has 2 aromatic rings. The molecule has 29 heavy (non-hydrogen) atoms. The van der Waals surface area contributed by atoms with Crippen molar-refractivity contribution in [2.24, 2.45) is 0 Å². The molecule has 2 aromatic carbocycles. The second kappa shape index (κ2) is 9.80. The topological polar surface area (TPSA) is 123 Å². The van der Waals surface area contributed by atoms with Gasteiger partial charge in [-0.2, -0.15) is 0 Å². The van der Waals surface area contributed by atoms with Gasteiger partial charge < -0.3 is 4.74 Å². The van der Waals surface area contributed by atoms with Crippen LogP contribution in [-0.4, -0.2) is 28.5 Å². The van der Waals surface area contributed by atoms with Crippen molar-refractivity contribution in [2.75, 3.05) is 6.61 Å². The van der Waals surface area contributed by atoms with Gasteiger partial charge in [-0.05, 0) is 61.5 Å². The maximum Gasteiger partial charge on any atom is 0.276 e. The number of ether oxygens (including phenoxy) is 1. The van der Waals surface area contributed by atoms with Crippen LogP contribution in [0.4, 0.5) is 5.69 Å². The van der Waals surface area contributed by atoms with Crippen LogP contribution in [0, 0.1) is 24.0 Å². The van der Waals surface area contributed by atoms with Gasteiger partial charge in [0.25, 0.3) is 17.5 Å². The molecule has 0 bridgehead atoms. The smallest absolute Gasteiger partial charge is 0.276 e. The van der Waals surface area contributed by atoms with E-state index in [2.05, 4.69) is 16.2 Å². The standard InChI is InChI=1S/C18H17ClN4O5S/c1-10-7-14(8-11(2)16(10)19)28-9-15(24)21-22-18(29)20-17(25)12-3-5-13(6-4-12)23(26)27/h3-8H,9H2,1-2H3,(H,21,24)(H2,20,22,25,29). The Bertz CT molecular complexity index is 942. The first-order chi connectivity index (χ1) is 13.7. The van der Waals surface area contributed by atoms with Crippen molar-refractivity contribution in [2.45, 2.75) is 13.8 Å². The molecule has 0 aliphatic carbocycles. The van der Waals surface area contributed by atoms with E-state index in [1.165, 1.54) is 24.3 Å². The molecule has 0 saturated heterocycles. The van der Waals surface area contributed by atoms with Gasteiger partial charge in [0, 0.05) is 22.7 Å². The molecule has 0 aliphatic rings. The Morgan fingerprint density at radius 1 is 1.14 bits per heavy atom. The van der Waals surface area contributed by atoms with Gasteiger partial charge in [-0.3, -0.25) is 35.9 Å². The highest BCUT2D eigenvalue weighted by atomic mass is 35.5. The van der Waals surface area contributed by atoms with Crippen LogP contribution in [0.15, 0.2) is 36.4 Å². The number of thiocarbonyl (C=S) groups is 1. The Morgan fingerprint density at radius 2 is 1.72 bits per heavy atom. The molecule has 9 nitrogen and oxygen atoms in total. The van der Waals surface area contributed by atoms with Crippen molar-refractivity contribution in [3.05, 3.63) is 68.2 Å². The fourth-order valence-corrected chi connectivity index (χ4v) is 2.49. The molecule has 0 radical (unpaired) electrons. The van der Waals surface area contributed by atoms with Crippen molar-refractivity contribution in [1.29, 1.82) is 0 Å². The largest absolute Gasteiger partial charge is 0.484 e. The van der Waals surface area contributed by atoms with Crippen molar-refractivity contribution >= 4 is 46.4 Å². The Kier molecular flexibility index (Phi) is 7.46. The number of hydrogen-bond acceptors (Lipinski definition) is 6. The van der Waals surface area contributed by atoms with Gasteiger partial charge in [0.05, 0.1) is 4.92 Å². The first kappa shape index (κ1) is 22.1. The van der Waals surface area contributed by atoms with Crippen LogP contribution < -0.4 is 20.9 Å². The van der Waals surface area contributed by atoms with Crippen molar-refractivity contribution < 1.29 is 19.2 Å². The molecular weight excluding hydrogens is 420 g/mol. The van der Waals surface area contributed by atoms with Crippen LogP contribution in [-0.2, 0) is 4.79 Å². The molecule has 0 saturated carbocycles. The number of rotatable bonds is 5. The predicted octanol–water partition coefficient (Wildman–Crippen LogP) is 2.58. The summed E-state index contributed by atoms with van der Waals surface area (Å²) >= 11 is 11.0. The second-order valence-corrected chi connectivity index (χ2v) is 6.71. The highest BCUT2D eigenvalue weighted by molar-refractivity contribution is 7.80. The minimum atomic E-state index is -0.588. The lowest BCUT2D eigenvalue weighted by molar-refractivity contribution is -0.384. The van der Waals surface area contributed by atoms with E-state index in [9.17, 15) is 19.7 Å². The van der Waals surface area contributed by atoms with E-state index in [0.29, 0.717) is 10.8 Å². The third-order valence-electron chi connectivity index (χ3n) is 3.66. The third kappa shape index (κ3) is 6.40. The average molecular weight is 437 g/mol. The van der Waals surface area contributed by atoms with Crippen molar-refractivity contribution in [3.8, 4) is 5.75 Å². The van der Waals surface area contributed by atoms with Gasteiger partial charge in [-0.25, -0.2) is 0 Å². The van der Waals surface area contributed by atoms with E-state index < -0.39 is 16.7 Å². The van der Waals surface area contributed by atoms with Crippen LogP contribution >= 0.6 is 23.8 Å². The van der Waals surface area contributed by atoms with Gasteiger partial charge in [0.1, 0.15) is 5.75 Å². The maximum absolute atomic E-state index is 12.0. The number of benzene rings is 2. The minimum Gasteiger partial charge on any atom is -0.484 e. The fourth-order valence-electron chi connectivity index (χ4n) is 2.24. The number of halogens is 1. The van der Waals surface area contributed by atoms with Crippen LogP contribution in [0.3, 0.4) is 0 Å². The van der Waals surface area contributed by atoms with Gasteiger partial charge in [-0.15, -0.1) is 0 Å². The van der Waals surface area contributed by atoms with E-state index in [4.69, 9.17) is 28.6 Å². The zero-order valence-electron chi connectivity index (χ0n) is 15.4. The number of nitro benzene ring substituents is 1. The van der Waals surface area contributed by atoms with E-state index in [1.54, 1.807) is 12.1 Å². The third-order valence-corrected chi connectivity index (χ3v) is 4.46. The number of aryl methyl sites for hydroxylation is 2. The lowest BCUT2D eigenvalue weighted by atomic mass is 10.1. The fraction of sp³-hybridized carbons (Fsp3) is 0.167. The number of carbonyl (C=O) groups is 2. The van der Waals surface area contributed by atoms with Gasteiger partial charge in [-0.1, -0.05) is 11.6 Å². The first-order valence-electron chi connectivity index (χ1n) is 8.21. The molecule has 0 aromatic heterocycles. The van der Waals surface area contributed by atoms with E-state index in [0.717, 1.165) is 11.1 Å². The predicted molar refractivity (Wildman–Crippen MR) is 111 cm³/mol. The molecule has 0 heterocycles. The summed E-state index contributed by atoms with van der Waals surface area (Å²) in [6, 6.07) is 8.41. The lowest BCUT2D eigenvalue weighted by Gasteiger charge is -2.12. The van der Waals surface area contributed by atoms with Gasteiger partial charge in [0.2, 0.25) is 0 Å². The summed E-state index contributed by atoms with van der Waals surface area (Å²) in [5.41, 5.74) is 6.35. The van der Waals surface area contributed by atoms with E-state index >= 15 is 0 Å². The molecule has 0 unspecified atom stereocenters. The quantitative estimate of drug-likeness (QED) is 0.374. The number of nitro groups is 1. The molecular formula is C18H17ClN4O5S. The lowest BCUT2D eigenvalue weighted by Crippen LogP contribution is -2.49. The highest BCUT2D eigenvalue weighted by Gasteiger charge is 2.12. The zero-order chi connectivity index (χ0) is 21.6. The molecule has 152 valence electrons. The number of non-ortho nitro benzene ring substituents is 1. The summed E-state index contributed by atoms with van der Waals surface area (Å²) in [5, 5.41) is 13.4. The van der Waals surface area contributed by atoms with Crippen LogP contribution in [0.2, 0.25) is 5.02 Å². The molecule has 0 aliphatic heterocycles. The molecule has 11 heteroatoms. The monoisotopic (exact) mass is 436 g/mol. The first-order valence-corrected chi connectivity index (χ1v) is 9.00. The van der Waals surface area contributed by atoms with Crippen molar-refractivity contribution in [3.63, 3.8) is 0 Å². The Hall–Kier alpha value is -3.24. The minimum absolute atomic E-state index is 0.138. The second-order valence-electron chi connectivity index (χ2n) is 5.92. The molecule has 2 amide bonds. The Balaban J connectivity index is 1.78. The zero-order valence-corrected chi connectivity index (χ0v) is 17.0. The van der Waals surface area contributed by atoms with E-state index in [-0.39, 0.29) is 23.0 Å². The SMILES string of the molecule is Cc1cc(OCC(=O)NNC(=S)NC(=O)c2ccc([N+](=O)[O-])cc2)cc(C)c1Cl. The average Bonchev–Trinajstić information content (AvgIpc) is 2.68. The molecule has 0 atom stereocenters. The van der Waals surface area contributed by atoms with Crippen LogP contribution in [0.1, 0.15) is 21.5 Å². The number of nitrogens with zero attached hydrogens (tertiary/aromatic N) is 1. The van der Waals surface area contributed by atoms with Crippen molar-refractivity contribution in [1.82, 2.24) is 16.2 Å². The molecule has 0 fully saturated rings. The van der Waals surface area contributed by atoms with Crippen LogP contribution in [0.5, 0.6) is 5.75 Å².